The van der Waals surface area contributed by atoms with Gasteiger partial charge in [-0.2, -0.15) is 5.10 Å². The minimum atomic E-state index is -0.359. The number of amides is 2. The third-order valence-corrected chi connectivity index (χ3v) is 4.63. The maximum atomic E-state index is 13.1. The number of piperidine rings is 1. The van der Waals surface area contributed by atoms with E-state index in [4.69, 9.17) is 4.42 Å². The van der Waals surface area contributed by atoms with Crippen LogP contribution in [0.5, 0.6) is 0 Å². The number of benzene rings is 1. The van der Waals surface area contributed by atoms with Gasteiger partial charge in [-0.05, 0) is 49.6 Å². The van der Waals surface area contributed by atoms with Crippen LogP contribution in [-0.2, 0) is 0 Å². The summed E-state index contributed by atoms with van der Waals surface area (Å²) in [6.07, 6.45) is 5.72. The molecule has 1 saturated heterocycles. The molecule has 0 radical (unpaired) electrons. The fourth-order valence-electron chi connectivity index (χ4n) is 3.33. The van der Waals surface area contributed by atoms with Crippen LogP contribution in [0.4, 0.5) is 5.69 Å². The maximum absolute atomic E-state index is 13.1. The number of anilines is 1. The number of hydrogen-bond acceptors (Lipinski definition) is 5. The van der Waals surface area contributed by atoms with Gasteiger partial charge in [0, 0.05) is 17.8 Å². The zero-order valence-corrected chi connectivity index (χ0v) is 14.6. The monoisotopic (exact) mass is 365 g/mol. The number of aromatic amines is 1. The van der Waals surface area contributed by atoms with Gasteiger partial charge >= 0.3 is 0 Å². The van der Waals surface area contributed by atoms with Crippen LogP contribution >= 0.6 is 0 Å². The Kier molecular flexibility index (Phi) is 4.69. The van der Waals surface area contributed by atoms with E-state index in [0.29, 0.717) is 23.6 Å². The van der Waals surface area contributed by atoms with Crippen molar-refractivity contribution < 1.29 is 14.0 Å². The Labute approximate surface area is 155 Å². The van der Waals surface area contributed by atoms with E-state index >= 15 is 0 Å². The molecule has 0 unspecified atom stereocenters. The molecule has 0 aliphatic carbocycles. The van der Waals surface area contributed by atoms with Crippen LogP contribution < -0.4 is 5.32 Å². The van der Waals surface area contributed by atoms with Gasteiger partial charge in [0.15, 0.2) is 5.76 Å². The SMILES string of the molecule is O=C(Nc1cccc(C(=O)N2CCCC[C@@H]2c2ncn[nH]2)c1)c1ccco1. The molecular weight excluding hydrogens is 346 g/mol. The normalized spacial score (nSPS) is 16.9. The molecule has 0 saturated carbocycles. The van der Waals surface area contributed by atoms with Gasteiger partial charge in [-0.15, -0.1) is 0 Å². The molecule has 1 fully saturated rings. The second kappa shape index (κ2) is 7.45. The molecule has 3 heterocycles. The molecule has 2 N–H and O–H groups in total. The molecule has 4 rings (SSSR count). The van der Waals surface area contributed by atoms with Crippen molar-refractivity contribution in [1.29, 1.82) is 0 Å². The number of nitrogens with one attached hydrogen (secondary N) is 2. The predicted molar refractivity (Wildman–Crippen MR) is 97.1 cm³/mol. The number of H-pyrrole nitrogens is 1. The molecule has 27 heavy (non-hydrogen) atoms. The van der Waals surface area contributed by atoms with Gasteiger partial charge in [-0.3, -0.25) is 14.7 Å². The maximum Gasteiger partial charge on any atom is 0.291 e. The summed E-state index contributed by atoms with van der Waals surface area (Å²) in [5, 5.41) is 9.53. The molecule has 1 aliphatic rings. The average molecular weight is 365 g/mol. The number of furan rings is 1. The van der Waals surface area contributed by atoms with Crippen LogP contribution in [0.25, 0.3) is 0 Å². The molecule has 1 aliphatic heterocycles. The van der Waals surface area contributed by atoms with E-state index in [1.807, 2.05) is 4.90 Å². The van der Waals surface area contributed by atoms with E-state index in [1.165, 1.54) is 12.6 Å². The largest absolute Gasteiger partial charge is 0.459 e. The van der Waals surface area contributed by atoms with E-state index in [2.05, 4.69) is 20.5 Å². The summed E-state index contributed by atoms with van der Waals surface area (Å²) < 4.78 is 5.09. The lowest BCUT2D eigenvalue weighted by Gasteiger charge is -2.34. The fraction of sp³-hybridized carbons (Fsp3) is 0.263. The van der Waals surface area contributed by atoms with Crippen LogP contribution in [-0.4, -0.2) is 38.4 Å². The molecular formula is C19H19N5O3. The van der Waals surface area contributed by atoms with Gasteiger partial charge in [-0.25, -0.2) is 4.98 Å². The molecule has 1 aromatic carbocycles. The lowest BCUT2D eigenvalue weighted by molar-refractivity contribution is 0.0600. The first-order valence-electron chi connectivity index (χ1n) is 8.83. The number of hydrogen-bond donors (Lipinski definition) is 2. The van der Waals surface area contributed by atoms with Crippen molar-refractivity contribution in [3.05, 3.63) is 66.1 Å². The summed E-state index contributed by atoms with van der Waals surface area (Å²) in [7, 11) is 0. The Morgan fingerprint density at radius 3 is 2.93 bits per heavy atom. The molecule has 2 amide bonds. The van der Waals surface area contributed by atoms with Gasteiger partial charge < -0.3 is 14.6 Å². The van der Waals surface area contributed by atoms with E-state index in [-0.39, 0.29) is 23.6 Å². The minimum absolute atomic E-state index is 0.0924. The lowest BCUT2D eigenvalue weighted by Crippen LogP contribution is -2.39. The molecule has 0 bridgehead atoms. The van der Waals surface area contributed by atoms with Gasteiger partial charge in [-0.1, -0.05) is 6.07 Å². The van der Waals surface area contributed by atoms with E-state index in [0.717, 1.165) is 19.3 Å². The molecule has 8 heteroatoms. The summed E-state index contributed by atoms with van der Waals surface area (Å²) in [5.41, 5.74) is 1.05. The minimum Gasteiger partial charge on any atom is -0.459 e. The van der Waals surface area contributed by atoms with Gasteiger partial charge in [0.05, 0.1) is 12.3 Å². The average Bonchev–Trinajstić information content (AvgIpc) is 3.41. The van der Waals surface area contributed by atoms with Crippen molar-refractivity contribution in [1.82, 2.24) is 20.1 Å². The number of rotatable bonds is 4. The van der Waals surface area contributed by atoms with Crippen molar-refractivity contribution in [3.8, 4) is 0 Å². The van der Waals surface area contributed by atoms with Crippen molar-refractivity contribution in [2.45, 2.75) is 25.3 Å². The predicted octanol–water partition coefficient (Wildman–Crippen LogP) is 3.02. The Morgan fingerprint density at radius 2 is 2.15 bits per heavy atom. The van der Waals surface area contributed by atoms with Gasteiger partial charge in [0.2, 0.25) is 0 Å². The van der Waals surface area contributed by atoms with Crippen LogP contribution in [0, 0.1) is 0 Å². The first-order valence-corrected chi connectivity index (χ1v) is 8.83. The van der Waals surface area contributed by atoms with Crippen molar-refractivity contribution >= 4 is 17.5 Å². The molecule has 0 spiro atoms. The van der Waals surface area contributed by atoms with Crippen LogP contribution in [0.1, 0.15) is 52.0 Å². The summed E-state index contributed by atoms with van der Waals surface area (Å²) in [6.45, 7) is 0.660. The van der Waals surface area contributed by atoms with E-state index < -0.39 is 0 Å². The molecule has 2 aromatic heterocycles. The quantitative estimate of drug-likeness (QED) is 0.739. The highest BCUT2D eigenvalue weighted by Crippen LogP contribution is 2.30. The van der Waals surface area contributed by atoms with Gasteiger partial charge in [0.25, 0.3) is 11.8 Å². The van der Waals surface area contributed by atoms with Crippen LogP contribution in [0.2, 0.25) is 0 Å². The topological polar surface area (TPSA) is 104 Å². The highest BCUT2D eigenvalue weighted by molar-refractivity contribution is 6.03. The fourth-order valence-corrected chi connectivity index (χ4v) is 3.33. The Bertz CT molecular complexity index is 921. The summed E-state index contributed by atoms with van der Waals surface area (Å²) in [6, 6.07) is 10.0. The molecule has 138 valence electrons. The van der Waals surface area contributed by atoms with Crippen molar-refractivity contribution in [2.24, 2.45) is 0 Å². The molecule has 3 aromatic rings. The Hall–Kier alpha value is -3.42. The zero-order valence-electron chi connectivity index (χ0n) is 14.6. The lowest BCUT2D eigenvalue weighted by atomic mass is 10.00. The van der Waals surface area contributed by atoms with Crippen molar-refractivity contribution in [3.63, 3.8) is 0 Å². The summed E-state index contributed by atoms with van der Waals surface area (Å²) >= 11 is 0. The standard InChI is InChI=1S/C19H19N5O3/c25-18(16-8-4-10-27-16)22-14-6-3-5-13(11-14)19(26)24-9-2-1-7-15(24)17-20-12-21-23-17/h3-6,8,10-12,15H,1-2,7,9H2,(H,22,25)(H,20,21,23)/t15-/m1/s1. The third-order valence-electron chi connectivity index (χ3n) is 4.63. The third kappa shape index (κ3) is 3.59. The molecule has 8 nitrogen and oxygen atoms in total. The Balaban J connectivity index is 1.53. The first-order chi connectivity index (χ1) is 13.2. The zero-order chi connectivity index (χ0) is 18.6. The smallest absolute Gasteiger partial charge is 0.291 e. The number of carbonyl (C=O) groups excluding carboxylic acids is 2. The van der Waals surface area contributed by atoms with E-state index in [9.17, 15) is 9.59 Å². The van der Waals surface area contributed by atoms with Gasteiger partial charge in [0.1, 0.15) is 12.2 Å². The van der Waals surface area contributed by atoms with E-state index in [1.54, 1.807) is 36.4 Å². The number of nitrogens with zero attached hydrogens (tertiary/aromatic N) is 3. The number of aromatic nitrogens is 3. The van der Waals surface area contributed by atoms with Crippen LogP contribution in [0.3, 0.4) is 0 Å². The Morgan fingerprint density at radius 1 is 1.22 bits per heavy atom. The number of carbonyl (C=O) groups is 2. The number of likely N-dealkylation sites (tertiary alicyclic amines) is 1. The van der Waals surface area contributed by atoms with Crippen LogP contribution in [0.15, 0.2) is 53.4 Å². The first kappa shape index (κ1) is 17.0. The highest BCUT2D eigenvalue weighted by atomic mass is 16.3. The molecule has 1 atom stereocenters. The van der Waals surface area contributed by atoms with Crippen molar-refractivity contribution in [2.75, 3.05) is 11.9 Å². The second-order valence-corrected chi connectivity index (χ2v) is 6.39. The highest BCUT2D eigenvalue weighted by Gasteiger charge is 2.30. The summed E-state index contributed by atoms with van der Waals surface area (Å²) in [5.74, 6) is 0.464. The summed E-state index contributed by atoms with van der Waals surface area (Å²) in [4.78, 5) is 31.3. The second-order valence-electron chi connectivity index (χ2n) is 6.39.